The van der Waals surface area contributed by atoms with Crippen LogP contribution in [-0.4, -0.2) is 47.5 Å². The third-order valence-electron chi connectivity index (χ3n) is 4.02. The number of nitrogens with zero attached hydrogens (tertiary/aromatic N) is 2. The number of oxime groups is 1. The topological polar surface area (TPSA) is 91.0 Å². The van der Waals surface area contributed by atoms with Crippen LogP contribution >= 0.6 is 0 Å². The summed E-state index contributed by atoms with van der Waals surface area (Å²) >= 11 is 0. The van der Waals surface area contributed by atoms with Crippen LogP contribution in [0.2, 0.25) is 0 Å². The molecule has 114 valence electrons. The van der Waals surface area contributed by atoms with E-state index in [1.165, 1.54) is 0 Å². The van der Waals surface area contributed by atoms with Crippen molar-refractivity contribution in [2.24, 2.45) is 10.9 Å². The minimum atomic E-state index is -0.743. The maximum atomic E-state index is 12.3. The Morgan fingerprint density at radius 1 is 1.38 bits per heavy atom. The van der Waals surface area contributed by atoms with Gasteiger partial charge in [-0.05, 0) is 25.5 Å². The van der Waals surface area contributed by atoms with Gasteiger partial charge in [0.2, 0.25) is 5.91 Å². The van der Waals surface area contributed by atoms with Gasteiger partial charge in [0.1, 0.15) is 5.54 Å². The van der Waals surface area contributed by atoms with Gasteiger partial charge in [-0.1, -0.05) is 35.5 Å². The highest BCUT2D eigenvalue weighted by atomic mass is 16.4. The molecule has 21 heavy (non-hydrogen) atoms. The summed E-state index contributed by atoms with van der Waals surface area (Å²) in [7, 11) is 2.02. The van der Waals surface area contributed by atoms with E-state index in [4.69, 9.17) is 10.9 Å². The number of nitrogens with one attached hydrogen (secondary N) is 1. The van der Waals surface area contributed by atoms with Gasteiger partial charge < -0.3 is 21.2 Å². The molecule has 0 spiro atoms. The van der Waals surface area contributed by atoms with Crippen molar-refractivity contribution in [2.45, 2.75) is 24.8 Å². The molecule has 0 aliphatic carbocycles. The van der Waals surface area contributed by atoms with Crippen LogP contribution in [0, 0.1) is 0 Å². The first-order valence-electron chi connectivity index (χ1n) is 7.07. The minimum Gasteiger partial charge on any atom is -0.409 e. The smallest absolute Gasteiger partial charge is 0.225 e. The number of benzene rings is 1. The van der Waals surface area contributed by atoms with Crippen LogP contribution in [0.15, 0.2) is 35.5 Å². The molecule has 1 aliphatic heterocycles. The minimum absolute atomic E-state index is 0.0806. The molecule has 4 N–H and O–H groups in total. The second-order valence-corrected chi connectivity index (χ2v) is 5.58. The molecule has 0 aromatic heterocycles. The van der Waals surface area contributed by atoms with Gasteiger partial charge in [0.05, 0.1) is 6.42 Å². The molecule has 1 fully saturated rings. The molecular weight excluding hydrogens is 268 g/mol. The van der Waals surface area contributed by atoms with Crippen LogP contribution in [0.1, 0.15) is 18.4 Å². The normalized spacial score (nSPS) is 19.2. The van der Waals surface area contributed by atoms with Crippen LogP contribution in [0.3, 0.4) is 0 Å². The summed E-state index contributed by atoms with van der Waals surface area (Å²) in [6.07, 6.45) is 1.57. The van der Waals surface area contributed by atoms with E-state index in [9.17, 15) is 4.79 Å². The van der Waals surface area contributed by atoms with Gasteiger partial charge in [0.25, 0.3) is 0 Å². The number of amidine groups is 1. The number of hydrogen-bond acceptors (Lipinski definition) is 4. The fourth-order valence-electron chi connectivity index (χ4n) is 2.63. The van der Waals surface area contributed by atoms with Crippen LogP contribution < -0.4 is 11.1 Å². The molecule has 1 aromatic carbocycles. The van der Waals surface area contributed by atoms with Gasteiger partial charge in [0.15, 0.2) is 5.84 Å². The van der Waals surface area contributed by atoms with Crippen molar-refractivity contribution in [3.63, 3.8) is 0 Å². The van der Waals surface area contributed by atoms with Gasteiger partial charge in [0, 0.05) is 13.1 Å². The highest BCUT2D eigenvalue weighted by Gasteiger charge is 2.39. The van der Waals surface area contributed by atoms with Crippen molar-refractivity contribution >= 4 is 11.7 Å². The molecule has 1 aromatic rings. The number of carbonyl (C=O) groups is 1. The molecule has 6 heteroatoms. The number of nitrogens with two attached hydrogens (primary N) is 1. The zero-order valence-electron chi connectivity index (χ0n) is 12.2. The van der Waals surface area contributed by atoms with Crippen LogP contribution in [0.4, 0.5) is 0 Å². The first kappa shape index (κ1) is 15.3. The molecule has 2 rings (SSSR count). The van der Waals surface area contributed by atoms with Crippen molar-refractivity contribution < 1.29 is 10.0 Å². The third-order valence-corrected chi connectivity index (χ3v) is 4.02. The fourth-order valence-corrected chi connectivity index (χ4v) is 2.63. The first-order chi connectivity index (χ1) is 10.1. The number of amides is 1. The molecule has 1 amide bonds. The lowest BCUT2D eigenvalue weighted by molar-refractivity contribution is -0.122. The molecule has 1 aliphatic rings. The van der Waals surface area contributed by atoms with E-state index in [-0.39, 0.29) is 18.2 Å². The maximum Gasteiger partial charge on any atom is 0.225 e. The van der Waals surface area contributed by atoms with Gasteiger partial charge in [-0.25, -0.2) is 0 Å². The summed E-state index contributed by atoms with van der Waals surface area (Å²) < 4.78 is 0. The largest absolute Gasteiger partial charge is 0.409 e. The lowest BCUT2D eigenvalue weighted by Gasteiger charge is -2.40. The summed E-state index contributed by atoms with van der Waals surface area (Å²) in [5.74, 6) is -0.0330. The molecule has 6 nitrogen and oxygen atoms in total. The molecule has 0 bridgehead atoms. The van der Waals surface area contributed by atoms with E-state index in [2.05, 4.69) is 15.4 Å². The summed E-state index contributed by atoms with van der Waals surface area (Å²) in [4.78, 5) is 14.4. The Balaban J connectivity index is 2.07. The number of likely N-dealkylation sites (tertiary alicyclic amines) is 1. The lowest BCUT2D eigenvalue weighted by atomic mass is 9.86. The Labute approximate surface area is 124 Å². The van der Waals surface area contributed by atoms with E-state index in [0.29, 0.717) is 12.8 Å². The van der Waals surface area contributed by atoms with Crippen molar-refractivity contribution in [1.82, 2.24) is 10.2 Å². The van der Waals surface area contributed by atoms with E-state index < -0.39 is 5.54 Å². The highest BCUT2D eigenvalue weighted by molar-refractivity contribution is 5.94. The molecule has 1 heterocycles. The van der Waals surface area contributed by atoms with E-state index in [0.717, 1.165) is 18.7 Å². The maximum absolute atomic E-state index is 12.3. The molecule has 0 unspecified atom stereocenters. The molecule has 0 radical (unpaired) electrons. The fraction of sp³-hybridized carbons (Fsp3) is 0.467. The summed E-state index contributed by atoms with van der Waals surface area (Å²) in [6, 6.07) is 9.53. The number of carbonyl (C=O) groups excluding carboxylic acids is 1. The van der Waals surface area contributed by atoms with E-state index >= 15 is 0 Å². The summed E-state index contributed by atoms with van der Waals surface area (Å²) in [5, 5.41) is 15.1. The van der Waals surface area contributed by atoms with Crippen LogP contribution in [-0.2, 0) is 11.2 Å². The van der Waals surface area contributed by atoms with Crippen molar-refractivity contribution in [1.29, 1.82) is 0 Å². The summed E-state index contributed by atoms with van der Waals surface area (Å²) in [6.45, 7) is 1.59. The average Bonchev–Trinajstić information content (AvgIpc) is 2.50. The Morgan fingerprint density at radius 3 is 2.57 bits per heavy atom. The van der Waals surface area contributed by atoms with Crippen molar-refractivity contribution in [3.8, 4) is 0 Å². The number of rotatable bonds is 4. The molecular formula is C15H22N4O2. The second kappa shape index (κ2) is 6.58. The van der Waals surface area contributed by atoms with E-state index in [1.54, 1.807) is 0 Å². The average molecular weight is 290 g/mol. The van der Waals surface area contributed by atoms with Gasteiger partial charge >= 0.3 is 0 Å². The standard InChI is InChI=1S/C15H22N4O2/c1-19-9-7-15(8-10-19,14(16)18-21)17-13(20)11-12-5-3-2-4-6-12/h2-6,21H,7-11H2,1H3,(H2,16,18)(H,17,20). The SMILES string of the molecule is CN1CCC(NC(=O)Cc2ccccc2)(/C(N)=N/O)CC1. The second-order valence-electron chi connectivity index (χ2n) is 5.58. The Kier molecular flexibility index (Phi) is 4.80. The Bertz CT molecular complexity index is 508. The molecule has 0 atom stereocenters. The van der Waals surface area contributed by atoms with Gasteiger partial charge in [-0.2, -0.15) is 0 Å². The highest BCUT2D eigenvalue weighted by Crippen LogP contribution is 2.22. The predicted octanol–water partition coefficient (Wildman–Crippen LogP) is 0.556. The van der Waals surface area contributed by atoms with Crippen LogP contribution in [0.25, 0.3) is 0 Å². The monoisotopic (exact) mass is 290 g/mol. The quantitative estimate of drug-likeness (QED) is 0.327. The third kappa shape index (κ3) is 3.72. The predicted molar refractivity (Wildman–Crippen MR) is 81.2 cm³/mol. The van der Waals surface area contributed by atoms with Crippen molar-refractivity contribution in [3.05, 3.63) is 35.9 Å². The lowest BCUT2D eigenvalue weighted by Crippen LogP contribution is -2.62. The Hall–Kier alpha value is -2.08. The zero-order valence-corrected chi connectivity index (χ0v) is 12.2. The van der Waals surface area contributed by atoms with Crippen molar-refractivity contribution in [2.75, 3.05) is 20.1 Å². The van der Waals surface area contributed by atoms with Gasteiger partial charge in [-0.3, -0.25) is 4.79 Å². The Morgan fingerprint density at radius 2 is 2.00 bits per heavy atom. The van der Waals surface area contributed by atoms with E-state index in [1.807, 2.05) is 37.4 Å². The molecule has 1 saturated heterocycles. The van der Waals surface area contributed by atoms with Crippen LogP contribution in [0.5, 0.6) is 0 Å². The van der Waals surface area contributed by atoms with Gasteiger partial charge in [-0.15, -0.1) is 0 Å². The number of piperidine rings is 1. The first-order valence-corrected chi connectivity index (χ1v) is 7.07. The number of hydrogen-bond donors (Lipinski definition) is 3. The zero-order chi connectivity index (χ0) is 15.3. The summed E-state index contributed by atoms with van der Waals surface area (Å²) in [5.41, 5.74) is 6.04. The molecule has 0 saturated carbocycles.